The van der Waals surface area contributed by atoms with Gasteiger partial charge in [0.15, 0.2) is 0 Å². The van der Waals surface area contributed by atoms with Gasteiger partial charge in [0.1, 0.15) is 0 Å². The predicted molar refractivity (Wildman–Crippen MR) is 189 cm³/mol. The molecule has 2 saturated carbocycles. The summed E-state index contributed by atoms with van der Waals surface area (Å²) in [7, 11) is 0. The molecule has 47 heavy (non-hydrogen) atoms. The van der Waals surface area contributed by atoms with E-state index in [0.717, 1.165) is 61.4 Å². The Morgan fingerprint density at radius 1 is 0.638 bits per heavy atom. The third kappa shape index (κ3) is 8.08. The van der Waals surface area contributed by atoms with Crippen LogP contribution in [0.25, 0.3) is 0 Å². The minimum absolute atomic E-state index is 0.142. The van der Waals surface area contributed by atoms with E-state index in [1.807, 2.05) is 55.5 Å². The van der Waals surface area contributed by atoms with Gasteiger partial charge in [-0.3, -0.25) is 0 Å². The van der Waals surface area contributed by atoms with E-state index in [9.17, 15) is 4.79 Å². The van der Waals surface area contributed by atoms with E-state index in [-0.39, 0.29) is 36.0 Å². The number of rotatable bonds is 11. The summed E-state index contributed by atoms with van der Waals surface area (Å²) in [5.41, 5.74) is 3.44. The Bertz CT molecular complexity index is 1520. The molecule has 0 N–H and O–H groups in total. The Kier molecular flexibility index (Phi) is 11.3. The van der Waals surface area contributed by atoms with E-state index in [4.69, 9.17) is 9.47 Å². The molecule has 5 heteroatoms. The summed E-state index contributed by atoms with van der Waals surface area (Å²) in [6.45, 7) is 1.91. The van der Waals surface area contributed by atoms with E-state index in [1.165, 1.54) is 11.1 Å². The van der Waals surface area contributed by atoms with Gasteiger partial charge in [-0.25, -0.2) is 0 Å². The zero-order valence-corrected chi connectivity index (χ0v) is 29.1. The van der Waals surface area contributed by atoms with Gasteiger partial charge in [-0.05, 0) is 0 Å². The van der Waals surface area contributed by atoms with Crippen molar-refractivity contribution >= 4 is 31.4 Å². The fourth-order valence-corrected chi connectivity index (χ4v) is 10.3. The molecule has 4 aromatic rings. The van der Waals surface area contributed by atoms with E-state index in [0.29, 0.717) is 6.42 Å². The summed E-state index contributed by atoms with van der Waals surface area (Å²) in [6.07, 6.45) is 7.89. The zero-order valence-electron chi connectivity index (χ0n) is 27.3. The van der Waals surface area contributed by atoms with Gasteiger partial charge in [-0.15, -0.1) is 0 Å². The maximum absolute atomic E-state index is 15.0. The third-order valence-corrected chi connectivity index (χ3v) is 13.4. The number of ether oxygens (including phenoxy) is 2. The molecule has 0 aromatic heterocycles. The van der Waals surface area contributed by atoms with Gasteiger partial charge >= 0.3 is 287 Å². The van der Waals surface area contributed by atoms with Crippen molar-refractivity contribution in [3.05, 3.63) is 138 Å². The van der Waals surface area contributed by atoms with Crippen LogP contribution in [0.4, 0.5) is 0 Å². The first-order valence-electron chi connectivity index (χ1n) is 17.3. The molecule has 4 aromatic carbocycles. The van der Waals surface area contributed by atoms with Crippen LogP contribution in [0.3, 0.4) is 0 Å². The molecule has 0 spiro atoms. The molecule has 2 aliphatic carbocycles. The van der Waals surface area contributed by atoms with Gasteiger partial charge in [-0.1, -0.05) is 0 Å². The van der Waals surface area contributed by atoms with Crippen LogP contribution in [0.5, 0.6) is 0 Å². The monoisotopic (exact) mass is 694 g/mol. The number of hydrogen-bond acceptors (Lipinski definition) is 4. The number of benzene rings is 4. The summed E-state index contributed by atoms with van der Waals surface area (Å²) < 4.78 is 13.2. The van der Waals surface area contributed by atoms with Crippen LogP contribution in [0.15, 0.2) is 121 Å². The Hall–Kier alpha value is -3.66. The zero-order chi connectivity index (χ0) is 32.5. The van der Waals surface area contributed by atoms with Crippen molar-refractivity contribution in [2.75, 3.05) is 0 Å². The second-order valence-corrected chi connectivity index (χ2v) is 16.2. The second-order valence-electron chi connectivity index (χ2n) is 13.2. The van der Waals surface area contributed by atoms with Gasteiger partial charge in [0.25, 0.3) is 0 Å². The van der Waals surface area contributed by atoms with Gasteiger partial charge in [0.05, 0.1) is 0 Å². The topological polar surface area (TPSA) is 52.6 Å². The quantitative estimate of drug-likeness (QED) is 0.117. The van der Waals surface area contributed by atoms with Crippen LogP contribution >= 0.6 is 0 Å². The summed E-state index contributed by atoms with van der Waals surface area (Å²) in [6, 6.07) is 41.2. The number of carbonyl (C=O) groups excluding carboxylic acids is 2. The van der Waals surface area contributed by atoms with Gasteiger partial charge < -0.3 is 0 Å². The molecule has 0 bridgehead atoms. The fourth-order valence-electron chi connectivity index (χ4n) is 7.48. The van der Waals surface area contributed by atoms with Crippen molar-refractivity contribution in [3.63, 3.8) is 0 Å². The van der Waals surface area contributed by atoms with Gasteiger partial charge in [0.2, 0.25) is 0 Å². The second kappa shape index (κ2) is 16.0. The molecule has 4 nitrogen and oxygen atoms in total. The molecule has 0 amide bonds. The molecule has 0 radical (unpaired) electrons. The standard InChI is InChI=1S/C42H46O4Se/c1-31(40(43)45-38-28-16-14-26-36(38)33-20-8-3-9-21-33)42(30-32-18-6-2-7-19-32,47-35-24-12-5-13-25-35)41(44)46-39-29-17-15-27-37(39)34-22-10-4-11-23-34/h2-13,18-25,31,36-39H,14-17,26-30H2,1H3/t31-,36-,37-,38+,39+,42?/m0/s1. The molecule has 2 aliphatic rings. The molecule has 6 rings (SSSR count). The first kappa shape index (κ1) is 33.2. The van der Waals surface area contributed by atoms with E-state index in [1.54, 1.807) is 0 Å². The van der Waals surface area contributed by atoms with E-state index >= 15 is 4.79 Å². The summed E-state index contributed by atoms with van der Waals surface area (Å²) >= 11 is -0.415. The average Bonchev–Trinajstić information content (AvgIpc) is 3.13. The molecule has 0 aliphatic heterocycles. The number of carbonyl (C=O) groups is 2. The van der Waals surface area contributed by atoms with Crippen molar-refractivity contribution in [1.29, 1.82) is 0 Å². The van der Waals surface area contributed by atoms with E-state index in [2.05, 4.69) is 72.8 Å². The Labute approximate surface area is 286 Å². The first-order valence-corrected chi connectivity index (χ1v) is 19.0. The van der Waals surface area contributed by atoms with Gasteiger partial charge in [0, 0.05) is 0 Å². The summed E-state index contributed by atoms with van der Waals surface area (Å²) in [5.74, 6) is -0.973. The van der Waals surface area contributed by atoms with Crippen LogP contribution in [0.2, 0.25) is 4.31 Å². The average molecular weight is 694 g/mol. The number of esters is 2. The normalized spacial score (nSPS) is 23.2. The molecule has 1 unspecified atom stereocenters. The molecule has 244 valence electrons. The minimum atomic E-state index is -1.09. The van der Waals surface area contributed by atoms with Crippen LogP contribution < -0.4 is 4.46 Å². The van der Waals surface area contributed by atoms with Crippen LogP contribution in [-0.2, 0) is 25.5 Å². The third-order valence-electron chi connectivity index (χ3n) is 10.1. The predicted octanol–water partition coefficient (Wildman–Crippen LogP) is 8.59. The molecule has 0 heterocycles. The maximum atomic E-state index is 15.0. The molecule has 0 saturated heterocycles. The molecular formula is C42H46O4Se. The van der Waals surface area contributed by atoms with Gasteiger partial charge in [-0.2, -0.15) is 0 Å². The van der Waals surface area contributed by atoms with Crippen molar-refractivity contribution in [3.8, 4) is 0 Å². The Balaban J connectivity index is 1.35. The number of hydrogen-bond donors (Lipinski definition) is 0. The van der Waals surface area contributed by atoms with Crippen molar-refractivity contribution in [2.45, 2.75) is 93.1 Å². The van der Waals surface area contributed by atoms with Crippen molar-refractivity contribution in [2.24, 2.45) is 5.92 Å². The fraction of sp³-hybridized carbons (Fsp3) is 0.381. The molecule has 2 fully saturated rings. The van der Waals surface area contributed by atoms with Crippen LogP contribution in [0, 0.1) is 5.92 Å². The van der Waals surface area contributed by atoms with Crippen molar-refractivity contribution < 1.29 is 19.1 Å². The first-order chi connectivity index (χ1) is 23.0. The van der Waals surface area contributed by atoms with Crippen LogP contribution in [0.1, 0.15) is 86.8 Å². The summed E-state index contributed by atoms with van der Waals surface area (Å²) in [5, 5.41) is 0. The Morgan fingerprint density at radius 3 is 1.62 bits per heavy atom. The summed E-state index contributed by atoms with van der Waals surface area (Å²) in [4.78, 5) is 29.5. The molecular weight excluding hydrogens is 647 g/mol. The van der Waals surface area contributed by atoms with E-state index < -0.39 is 25.2 Å². The SMILES string of the molecule is C[C@@H](C(=O)O[C@@H]1CCCC[C@H]1c1ccccc1)C(Cc1ccccc1)([Se]c1ccccc1)C(=O)O[C@@H]1CCCC[C@H]1c1ccccc1. The van der Waals surface area contributed by atoms with Crippen molar-refractivity contribution in [1.82, 2.24) is 0 Å². The van der Waals surface area contributed by atoms with Crippen LogP contribution in [-0.4, -0.2) is 39.1 Å². The Morgan fingerprint density at radius 2 is 1.09 bits per heavy atom. The molecule has 6 atom stereocenters.